The first kappa shape index (κ1) is 10.4. The van der Waals surface area contributed by atoms with Crippen molar-refractivity contribution in [3.63, 3.8) is 0 Å². The molecule has 0 spiro atoms. The molecule has 0 aliphatic carbocycles. The van der Waals surface area contributed by atoms with E-state index in [0.29, 0.717) is 11.5 Å². The van der Waals surface area contributed by atoms with E-state index in [0.717, 1.165) is 0 Å². The van der Waals surface area contributed by atoms with Crippen LogP contribution in [0.4, 0.5) is 21.8 Å². The topological polar surface area (TPSA) is 55.0 Å². The summed E-state index contributed by atoms with van der Waals surface area (Å²) in [5.74, 6) is 0.533. The molecule has 0 aliphatic rings. The van der Waals surface area contributed by atoms with E-state index in [2.05, 4.69) is 9.97 Å². The van der Waals surface area contributed by atoms with Crippen molar-refractivity contribution in [1.82, 2.24) is 9.97 Å². The molecule has 2 aromatic rings. The summed E-state index contributed by atoms with van der Waals surface area (Å²) in [5, 5.41) is 0. The molecule has 4 nitrogen and oxygen atoms in total. The lowest BCUT2D eigenvalue weighted by molar-refractivity contribution is 0.628. The number of benzene rings is 1. The molecule has 0 unspecified atom stereocenters. The molecule has 0 saturated carbocycles. The predicted octanol–water partition coefficient (Wildman–Crippen LogP) is 1.97. The summed E-state index contributed by atoms with van der Waals surface area (Å²) < 4.78 is 13.0. The molecule has 0 fully saturated rings. The van der Waals surface area contributed by atoms with Crippen molar-refractivity contribution in [2.75, 3.05) is 17.7 Å². The van der Waals surface area contributed by atoms with Crippen LogP contribution in [0.15, 0.2) is 36.5 Å². The Labute approximate surface area is 92.6 Å². The second-order valence-electron chi connectivity index (χ2n) is 3.31. The Balaban J connectivity index is 2.35. The van der Waals surface area contributed by atoms with E-state index in [1.165, 1.54) is 12.1 Å². The molecule has 2 rings (SSSR count). The van der Waals surface area contributed by atoms with Gasteiger partial charge >= 0.3 is 0 Å². The summed E-state index contributed by atoms with van der Waals surface area (Å²) in [6.07, 6.45) is 1.56. The molecular formula is C11H11FN4. The molecule has 5 heteroatoms. The van der Waals surface area contributed by atoms with Crippen LogP contribution < -0.4 is 10.6 Å². The fraction of sp³-hybridized carbons (Fsp3) is 0.0909. The van der Waals surface area contributed by atoms with Gasteiger partial charge in [0.05, 0.1) is 0 Å². The maximum atomic E-state index is 13.0. The molecule has 0 bridgehead atoms. The van der Waals surface area contributed by atoms with Crippen LogP contribution in [-0.4, -0.2) is 17.0 Å². The van der Waals surface area contributed by atoms with Gasteiger partial charge in [0.25, 0.3) is 0 Å². The van der Waals surface area contributed by atoms with Gasteiger partial charge in [-0.15, -0.1) is 0 Å². The summed E-state index contributed by atoms with van der Waals surface area (Å²) in [6, 6.07) is 7.97. The monoisotopic (exact) mass is 218 g/mol. The Morgan fingerprint density at radius 3 is 2.81 bits per heavy atom. The van der Waals surface area contributed by atoms with Crippen molar-refractivity contribution in [3.05, 3.63) is 42.3 Å². The Morgan fingerprint density at radius 1 is 1.31 bits per heavy atom. The average molecular weight is 218 g/mol. The van der Waals surface area contributed by atoms with E-state index in [9.17, 15) is 4.39 Å². The number of nitrogen functional groups attached to an aromatic ring is 1. The second-order valence-corrected chi connectivity index (χ2v) is 3.31. The van der Waals surface area contributed by atoms with E-state index in [1.54, 1.807) is 36.3 Å². The average Bonchev–Trinajstić information content (AvgIpc) is 2.28. The highest BCUT2D eigenvalue weighted by Gasteiger charge is 2.06. The smallest absolute Gasteiger partial charge is 0.221 e. The fourth-order valence-electron chi connectivity index (χ4n) is 1.37. The zero-order valence-electron chi connectivity index (χ0n) is 8.76. The summed E-state index contributed by atoms with van der Waals surface area (Å²) in [5.41, 5.74) is 6.19. The number of aromatic nitrogens is 2. The number of nitrogens with two attached hydrogens (primary N) is 1. The lowest BCUT2D eigenvalue weighted by Gasteiger charge is -2.18. The standard InChI is InChI=1S/C11H11FN4/c1-16(9-4-2-3-8(12)7-9)10-5-6-14-11(13)15-10/h2-7H,1H3,(H2,13,14,15). The molecule has 0 amide bonds. The molecule has 1 heterocycles. The van der Waals surface area contributed by atoms with Gasteiger partial charge < -0.3 is 10.6 Å². The summed E-state index contributed by atoms with van der Waals surface area (Å²) >= 11 is 0. The third kappa shape index (κ3) is 2.08. The van der Waals surface area contributed by atoms with Crippen molar-refractivity contribution in [2.24, 2.45) is 0 Å². The summed E-state index contributed by atoms with van der Waals surface area (Å²) in [4.78, 5) is 9.59. The third-order valence-corrected chi connectivity index (χ3v) is 2.20. The van der Waals surface area contributed by atoms with Gasteiger partial charge in [-0.1, -0.05) is 6.07 Å². The summed E-state index contributed by atoms with van der Waals surface area (Å²) in [6.45, 7) is 0. The van der Waals surface area contributed by atoms with Crippen LogP contribution >= 0.6 is 0 Å². The number of anilines is 3. The second kappa shape index (κ2) is 4.14. The first-order valence-corrected chi connectivity index (χ1v) is 4.74. The van der Waals surface area contributed by atoms with Crippen LogP contribution in [0, 0.1) is 5.82 Å². The molecule has 2 N–H and O–H groups in total. The van der Waals surface area contributed by atoms with E-state index >= 15 is 0 Å². The number of hydrogen-bond acceptors (Lipinski definition) is 4. The lowest BCUT2D eigenvalue weighted by atomic mass is 10.3. The van der Waals surface area contributed by atoms with Crippen molar-refractivity contribution < 1.29 is 4.39 Å². The molecular weight excluding hydrogens is 207 g/mol. The normalized spacial score (nSPS) is 10.1. The van der Waals surface area contributed by atoms with E-state index in [-0.39, 0.29) is 11.8 Å². The lowest BCUT2D eigenvalue weighted by Crippen LogP contribution is -2.12. The first-order chi connectivity index (χ1) is 7.66. The van der Waals surface area contributed by atoms with E-state index < -0.39 is 0 Å². The Bertz CT molecular complexity index is 455. The van der Waals surface area contributed by atoms with Crippen LogP contribution in [0.3, 0.4) is 0 Å². The van der Waals surface area contributed by atoms with Crippen molar-refractivity contribution in [3.8, 4) is 0 Å². The quantitative estimate of drug-likeness (QED) is 0.837. The predicted molar refractivity (Wildman–Crippen MR) is 60.9 cm³/mol. The maximum Gasteiger partial charge on any atom is 0.221 e. The van der Waals surface area contributed by atoms with E-state index in [4.69, 9.17) is 5.73 Å². The van der Waals surface area contributed by atoms with Crippen LogP contribution in [0.25, 0.3) is 0 Å². The zero-order chi connectivity index (χ0) is 11.5. The molecule has 0 radical (unpaired) electrons. The van der Waals surface area contributed by atoms with Gasteiger partial charge in [-0.25, -0.2) is 9.37 Å². The van der Waals surface area contributed by atoms with Crippen LogP contribution in [0.1, 0.15) is 0 Å². The SMILES string of the molecule is CN(c1cccc(F)c1)c1ccnc(N)n1. The Morgan fingerprint density at radius 2 is 2.12 bits per heavy atom. The highest BCUT2D eigenvalue weighted by atomic mass is 19.1. The van der Waals surface area contributed by atoms with Crippen LogP contribution in [0.2, 0.25) is 0 Å². The molecule has 0 atom stereocenters. The maximum absolute atomic E-state index is 13.0. The van der Waals surface area contributed by atoms with Gasteiger partial charge in [0.2, 0.25) is 5.95 Å². The van der Waals surface area contributed by atoms with Gasteiger partial charge in [-0.3, -0.25) is 0 Å². The first-order valence-electron chi connectivity index (χ1n) is 4.74. The van der Waals surface area contributed by atoms with Gasteiger partial charge in [0.1, 0.15) is 11.6 Å². The molecule has 1 aromatic heterocycles. The molecule has 82 valence electrons. The zero-order valence-corrected chi connectivity index (χ0v) is 8.76. The van der Waals surface area contributed by atoms with E-state index in [1.807, 2.05) is 0 Å². The number of nitrogens with zero attached hydrogens (tertiary/aromatic N) is 3. The Kier molecular flexibility index (Phi) is 2.68. The van der Waals surface area contributed by atoms with Crippen molar-refractivity contribution in [2.45, 2.75) is 0 Å². The fourth-order valence-corrected chi connectivity index (χ4v) is 1.37. The molecule has 1 aromatic carbocycles. The van der Waals surface area contributed by atoms with Gasteiger partial charge in [0, 0.05) is 18.9 Å². The van der Waals surface area contributed by atoms with Gasteiger partial charge in [-0.05, 0) is 24.3 Å². The Hall–Kier alpha value is -2.17. The highest BCUT2D eigenvalue weighted by molar-refractivity contribution is 5.59. The molecule has 0 saturated heterocycles. The minimum Gasteiger partial charge on any atom is -0.368 e. The minimum absolute atomic E-state index is 0.195. The highest BCUT2D eigenvalue weighted by Crippen LogP contribution is 2.21. The number of hydrogen-bond donors (Lipinski definition) is 1. The molecule has 0 aliphatic heterocycles. The van der Waals surface area contributed by atoms with Crippen LogP contribution in [-0.2, 0) is 0 Å². The largest absolute Gasteiger partial charge is 0.368 e. The number of halogens is 1. The summed E-state index contributed by atoms with van der Waals surface area (Å²) in [7, 11) is 1.79. The van der Waals surface area contributed by atoms with Crippen LogP contribution in [0.5, 0.6) is 0 Å². The third-order valence-electron chi connectivity index (χ3n) is 2.20. The number of rotatable bonds is 2. The molecule has 16 heavy (non-hydrogen) atoms. The van der Waals surface area contributed by atoms with Crippen molar-refractivity contribution in [1.29, 1.82) is 0 Å². The minimum atomic E-state index is -0.286. The van der Waals surface area contributed by atoms with Gasteiger partial charge in [0.15, 0.2) is 0 Å². The van der Waals surface area contributed by atoms with Gasteiger partial charge in [-0.2, -0.15) is 4.98 Å². The van der Waals surface area contributed by atoms with Crippen molar-refractivity contribution >= 4 is 17.5 Å².